The third-order valence-electron chi connectivity index (χ3n) is 3.72. The molecule has 0 aromatic heterocycles. The van der Waals surface area contributed by atoms with Gasteiger partial charge in [-0.1, -0.05) is 47.5 Å². The van der Waals surface area contributed by atoms with Gasteiger partial charge < -0.3 is 4.74 Å². The molecule has 1 aliphatic rings. The molecule has 0 aliphatic carbocycles. The molecule has 0 bridgehead atoms. The predicted octanol–water partition coefficient (Wildman–Crippen LogP) is 3.41. The van der Waals surface area contributed by atoms with Crippen LogP contribution < -0.4 is 4.72 Å². The van der Waals surface area contributed by atoms with E-state index in [-0.39, 0.29) is 22.6 Å². The van der Waals surface area contributed by atoms with Crippen LogP contribution in [-0.4, -0.2) is 21.1 Å². The molecule has 7 heteroatoms. The Morgan fingerprint density at radius 3 is 2.65 bits per heavy atom. The second-order valence-electron chi connectivity index (χ2n) is 5.33. The first-order valence-electron chi connectivity index (χ1n) is 7.09. The second-order valence-corrected chi connectivity index (χ2v) is 7.91. The van der Waals surface area contributed by atoms with Crippen molar-refractivity contribution in [2.45, 2.75) is 24.0 Å². The lowest BCUT2D eigenvalue weighted by Gasteiger charge is -2.25. The fraction of sp³-hybridized carbons (Fsp3) is 0.250. The highest BCUT2D eigenvalue weighted by molar-refractivity contribution is 7.89. The maximum Gasteiger partial charge on any atom is 0.242 e. The fourth-order valence-electron chi connectivity index (χ4n) is 2.50. The summed E-state index contributed by atoms with van der Waals surface area (Å²) in [5, 5.41) is 0.453. The van der Waals surface area contributed by atoms with E-state index in [9.17, 15) is 8.42 Å². The molecule has 0 radical (unpaired) electrons. The number of hydrogen-bond acceptors (Lipinski definition) is 3. The summed E-state index contributed by atoms with van der Waals surface area (Å²) < 4.78 is 33.0. The lowest BCUT2D eigenvalue weighted by atomic mass is 9.99. The van der Waals surface area contributed by atoms with Crippen molar-refractivity contribution in [2.75, 3.05) is 6.54 Å². The molecule has 0 amide bonds. The molecule has 0 fully saturated rings. The van der Waals surface area contributed by atoms with E-state index in [1.807, 2.05) is 24.3 Å². The Balaban J connectivity index is 1.70. The molecular weight excluding hydrogens is 357 g/mol. The van der Waals surface area contributed by atoms with Gasteiger partial charge in [0.25, 0.3) is 0 Å². The van der Waals surface area contributed by atoms with Gasteiger partial charge >= 0.3 is 0 Å². The smallest absolute Gasteiger partial charge is 0.242 e. The maximum atomic E-state index is 12.4. The minimum Gasteiger partial charge on any atom is -0.372 e. The first-order valence-corrected chi connectivity index (χ1v) is 9.33. The van der Waals surface area contributed by atoms with E-state index in [1.165, 1.54) is 17.7 Å². The van der Waals surface area contributed by atoms with Gasteiger partial charge in [-0.3, -0.25) is 0 Å². The van der Waals surface area contributed by atoms with Gasteiger partial charge in [0.15, 0.2) is 0 Å². The lowest BCUT2D eigenvalue weighted by molar-refractivity contribution is 0.0322. The Bertz CT molecular complexity index is 824. The molecule has 0 saturated heterocycles. The highest BCUT2D eigenvalue weighted by Crippen LogP contribution is 2.25. The molecule has 2 aromatic carbocycles. The fourth-order valence-corrected chi connectivity index (χ4v) is 4.33. The SMILES string of the molecule is O=S(=O)(NCC1Cc2ccccc2CO1)c1cc(Cl)ccc1Cl. The van der Waals surface area contributed by atoms with E-state index in [2.05, 4.69) is 4.72 Å². The van der Waals surface area contributed by atoms with Crippen molar-refractivity contribution in [3.8, 4) is 0 Å². The number of nitrogens with one attached hydrogen (secondary N) is 1. The summed E-state index contributed by atoms with van der Waals surface area (Å²) >= 11 is 11.8. The van der Waals surface area contributed by atoms with Gasteiger partial charge in [0.05, 0.1) is 17.7 Å². The van der Waals surface area contributed by atoms with Gasteiger partial charge in [-0.15, -0.1) is 0 Å². The lowest BCUT2D eigenvalue weighted by Crippen LogP contribution is -2.36. The van der Waals surface area contributed by atoms with E-state index in [1.54, 1.807) is 6.07 Å². The van der Waals surface area contributed by atoms with Gasteiger partial charge in [0, 0.05) is 18.0 Å². The third kappa shape index (κ3) is 3.87. The highest BCUT2D eigenvalue weighted by atomic mass is 35.5. The molecule has 2 aromatic rings. The van der Waals surface area contributed by atoms with Crippen molar-refractivity contribution in [1.29, 1.82) is 0 Å². The summed E-state index contributed by atoms with van der Waals surface area (Å²) in [6.45, 7) is 0.667. The maximum absolute atomic E-state index is 12.4. The number of hydrogen-bond donors (Lipinski definition) is 1. The quantitative estimate of drug-likeness (QED) is 0.895. The van der Waals surface area contributed by atoms with Crippen molar-refractivity contribution >= 4 is 33.2 Å². The van der Waals surface area contributed by atoms with Crippen LogP contribution in [0.2, 0.25) is 10.0 Å². The molecule has 0 saturated carbocycles. The number of ether oxygens (including phenoxy) is 1. The zero-order valence-corrected chi connectivity index (χ0v) is 14.5. The van der Waals surface area contributed by atoms with Crippen molar-refractivity contribution in [3.05, 3.63) is 63.6 Å². The van der Waals surface area contributed by atoms with Crippen LogP contribution in [0.25, 0.3) is 0 Å². The summed E-state index contributed by atoms with van der Waals surface area (Å²) in [5.74, 6) is 0. The third-order valence-corrected chi connectivity index (χ3v) is 5.86. The van der Waals surface area contributed by atoms with E-state index < -0.39 is 10.0 Å². The number of benzene rings is 2. The Morgan fingerprint density at radius 2 is 1.87 bits per heavy atom. The predicted molar refractivity (Wildman–Crippen MR) is 90.4 cm³/mol. The van der Waals surface area contributed by atoms with Crippen molar-refractivity contribution < 1.29 is 13.2 Å². The molecule has 0 spiro atoms. The second kappa shape index (κ2) is 6.79. The highest BCUT2D eigenvalue weighted by Gasteiger charge is 2.23. The normalized spacial score (nSPS) is 17.7. The molecule has 1 aliphatic heterocycles. The first kappa shape index (κ1) is 16.7. The zero-order chi connectivity index (χ0) is 16.4. The van der Waals surface area contributed by atoms with Crippen LogP contribution in [-0.2, 0) is 27.8 Å². The van der Waals surface area contributed by atoms with Crippen LogP contribution in [0.1, 0.15) is 11.1 Å². The first-order chi connectivity index (χ1) is 11.0. The van der Waals surface area contributed by atoms with Crippen LogP contribution in [0.4, 0.5) is 0 Å². The van der Waals surface area contributed by atoms with E-state index in [4.69, 9.17) is 27.9 Å². The summed E-state index contributed by atoms with van der Waals surface area (Å²) in [6, 6.07) is 12.3. The molecule has 1 heterocycles. The van der Waals surface area contributed by atoms with Crippen LogP contribution in [0, 0.1) is 0 Å². The summed E-state index contributed by atoms with van der Waals surface area (Å²) in [7, 11) is -3.74. The molecule has 4 nitrogen and oxygen atoms in total. The van der Waals surface area contributed by atoms with Gasteiger partial charge in [-0.2, -0.15) is 0 Å². The Kier molecular flexibility index (Phi) is 4.94. The molecule has 23 heavy (non-hydrogen) atoms. The summed E-state index contributed by atoms with van der Waals surface area (Å²) in [6.07, 6.45) is 0.458. The number of halogens is 2. The van der Waals surface area contributed by atoms with Crippen molar-refractivity contribution in [2.24, 2.45) is 0 Å². The number of fused-ring (bicyclic) bond motifs is 1. The largest absolute Gasteiger partial charge is 0.372 e. The van der Waals surface area contributed by atoms with E-state index in [0.717, 1.165) is 5.56 Å². The number of rotatable bonds is 4. The van der Waals surface area contributed by atoms with Crippen LogP contribution in [0.3, 0.4) is 0 Å². The summed E-state index contributed by atoms with van der Waals surface area (Å²) in [5.41, 5.74) is 2.33. The van der Waals surface area contributed by atoms with Crippen LogP contribution in [0.15, 0.2) is 47.4 Å². The molecule has 1 N–H and O–H groups in total. The molecule has 1 unspecified atom stereocenters. The number of sulfonamides is 1. The van der Waals surface area contributed by atoms with Crippen molar-refractivity contribution in [1.82, 2.24) is 4.72 Å². The minimum absolute atomic E-state index is 0.0251. The molecular formula is C16H15Cl2NO3S. The molecule has 1 atom stereocenters. The molecule has 122 valence electrons. The van der Waals surface area contributed by atoms with Crippen LogP contribution in [0.5, 0.6) is 0 Å². The van der Waals surface area contributed by atoms with Crippen molar-refractivity contribution in [3.63, 3.8) is 0 Å². The molecule has 3 rings (SSSR count). The van der Waals surface area contributed by atoms with E-state index in [0.29, 0.717) is 18.1 Å². The van der Waals surface area contributed by atoms with Gasteiger partial charge in [-0.25, -0.2) is 13.1 Å². The van der Waals surface area contributed by atoms with Gasteiger partial charge in [0.2, 0.25) is 10.0 Å². The summed E-state index contributed by atoms with van der Waals surface area (Å²) in [4.78, 5) is -0.0251. The van der Waals surface area contributed by atoms with Gasteiger partial charge in [-0.05, 0) is 29.3 Å². The Morgan fingerprint density at radius 1 is 1.13 bits per heavy atom. The topological polar surface area (TPSA) is 55.4 Å². The zero-order valence-electron chi connectivity index (χ0n) is 12.1. The monoisotopic (exact) mass is 371 g/mol. The standard InChI is InChI=1S/C16H15Cl2NO3S/c17-13-5-6-15(18)16(8-13)23(20,21)19-9-14-7-11-3-1-2-4-12(11)10-22-14/h1-6,8,14,19H,7,9-10H2. The Hall–Kier alpha value is -1.11. The Labute approximate surface area is 145 Å². The average Bonchev–Trinajstić information content (AvgIpc) is 2.55. The average molecular weight is 372 g/mol. The van der Waals surface area contributed by atoms with E-state index >= 15 is 0 Å². The van der Waals surface area contributed by atoms with Gasteiger partial charge in [0.1, 0.15) is 4.90 Å². The minimum atomic E-state index is -3.74. The van der Waals surface area contributed by atoms with Crippen LogP contribution >= 0.6 is 23.2 Å².